The average Bonchev–Trinajstić information content (AvgIpc) is 3.08. The van der Waals surface area contributed by atoms with Gasteiger partial charge < -0.3 is 15.0 Å². The number of nitrogens with one attached hydrogen (secondary N) is 1. The average molecular weight is 350 g/mol. The van der Waals surface area contributed by atoms with Gasteiger partial charge in [0.1, 0.15) is 0 Å². The van der Waals surface area contributed by atoms with E-state index in [9.17, 15) is 14.4 Å². The van der Waals surface area contributed by atoms with Gasteiger partial charge in [-0.25, -0.2) is 4.79 Å². The van der Waals surface area contributed by atoms with E-state index in [1.165, 1.54) is 0 Å². The van der Waals surface area contributed by atoms with Crippen molar-refractivity contribution >= 4 is 29.2 Å². The lowest BCUT2D eigenvalue weighted by atomic mass is 9.98. The highest BCUT2D eigenvalue weighted by Gasteiger charge is 2.31. The number of esters is 1. The van der Waals surface area contributed by atoms with Gasteiger partial charge >= 0.3 is 5.97 Å². The van der Waals surface area contributed by atoms with E-state index in [2.05, 4.69) is 5.32 Å². The first kappa shape index (κ1) is 16.3. The maximum atomic E-state index is 12.5. The van der Waals surface area contributed by atoms with Gasteiger partial charge in [-0.15, -0.1) is 0 Å². The van der Waals surface area contributed by atoms with Crippen LogP contribution in [0.5, 0.6) is 0 Å². The number of rotatable bonds is 3. The van der Waals surface area contributed by atoms with Crippen LogP contribution in [0.2, 0.25) is 0 Å². The third-order valence-corrected chi connectivity index (χ3v) is 4.70. The Hall–Kier alpha value is -3.15. The van der Waals surface area contributed by atoms with E-state index in [1.54, 1.807) is 41.3 Å². The molecule has 2 aromatic carbocycles. The lowest BCUT2D eigenvalue weighted by Gasteiger charge is -2.24. The fraction of sp³-hybridized carbons (Fsp3) is 0.250. The number of carbonyl (C=O) groups excluding carboxylic acids is 3. The summed E-state index contributed by atoms with van der Waals surface area (Å²) in [7, 11) is 0. The van der Waals surface area contributed by atoms with Crippen LogP contribution in [0.15, 0.2) is 48.5 Å². The molecule has 2 aliphatic heterocycles. The molecule has 1 fully saturated rings. The van der Waals surface area contributed by atoms with Gasteiger partial charge in [0, 0.05) is 30.8 Å². The molecule has 26 heavy (non-hydrogen) atoms. The van der Waals surface area contributed by atoms with Crippen LogP contribution in [0.1, 0.15) is 28.8 Å². The van der Waals surface area contributed by atoms with Crippen molar-refractivity contribution in [3.8, 4) is 0 Å². The lowest BCUT2D eigenvalue weighted by Crippen LogP contribution is -2.37. The summed E-state index contributed by atoms with van der Waals surface area (Å²) in [6.07, 6.45) is 0.949. The van der Waals surface area contributed by atoms with Crippen molar-refractivity contribution in [2.75, 3.05) is 16.8 Å². The van der Waals surface area contributed by atoms with Gasteiger partial charge in [-0.1, -0.05) is 18.2 Å². The van der Waals surface area contributed by atoms with Crippen molar-refractivity contribution in [2.24, 2.45) is 0 Å². The van der Waals surface area contributed by atoms with Crippen molar-refractivity contribution in [1.82, 2.24) is 0 Å². The minimum atomic E-state index is -0.850. The molecule has 0 saturated carbocycles. The van der Waals surface area contributed by atoms with Gasteiger partial charge in [-0.05, 0) is 42.3 Å². The second-order valence-corrected chi connectivity index (χ2v) is 6.44. The number of nitrogens with zero attached hydrogens (tertiary/aromatic N) is 1. The van der Waals surface area contributed by atoms with Crippen LogP contribution >= 0.6 is 0 Å². The summed E-state index contributed by atoms with van der Waals surface area (Å²) >= 11 is 0. The lowest BCUT2D eigenvalue weighted by molar-refractivity contribution is -0.125. The van der Waals surface area contributed by atoms with Crippen molar-refractivity contribution in [3.05, 3.63) is 59.7 Å². The number of hydrogen-bond acceptors (Lipinski definition) is 4. The van der Waals surface area contributed by atoms with Gasteiger partial charge in [-0.3, -0.25) is 9.59 Å². The molecule has 2 heterocycles. The molecule has 1 N–H and O–H groups in total. The summed E-state index contributed by atoms with van der Waals surface area (Å²) in [5.74, 6) is -0.720. The Bertz CT molecular complexity index is 876. The van der Waals surface area contributed by atoms with Gasteiger partial charge in [0.15, 0.2) is 6.10 Å². The molecular weight excluding hydrogens is 332 g/mol. The van der Waals surface area contributed by atoms with Crippen molar-refractivity contribution in [2.45, 2.75) is 25.4 Å². The summed E-state index contributed by atoms with van der Waals surface area (Å²) < 4.78 is 5.26. The first-order valence-electron chi connectivity index (χ1n) is 8.62. The molecule has 2 amide bonds. The van der Waals surface area contributed by atoms with Crippen LogP contribution < -0.4 is 10.2 Å². The van der Waals surface area contributed by atoms with Crippen LogP contribution in [0.4, 0.5) is 11.4 Å². The standard InChI is InChI=1S/C20H18N2O4/c23-18-6-3-11-22(18)15-9-7-14(8-10-15)21-19(24)17-12-13-4-1-2-5-16(13)20(25)26-17/h1-2,4-5,7-10,17H,3,6,11-12H2,(H,21,24). The minimum absolute atomic E-state index is 0.120. The van der Waals surface area contributed by atoms with Crippen LogP contribution in [0, 0.1) is 0 Å². The van der Waals surface area contributed by atoms with E-state index in [4.69, 9.17) is 4.74 Å². The third kappa shape index (κ3) is 3.06. The van der Waals surface area contributed by atoms with Gasteiger partial charge in [-0.2, -0.15) is 0 Å². The first-order chi connectivity index (χ1) is 12.6. The predicted molar refractivity (Wildman–Crippen MR) is 96.0 cm³/mol. The van der Waals surface area contributed by atoms with E-state index in [0.717, 1.165) is 24.2 Å². The summed E-state index contributed by atoms with van der Waals surface area (Å²) in [5, 5.41) is 2.77. The van der Waals surface area contributed by atoms with E-state index < -0.39 is 12.1 Å². The molecule has 6 heteroatoms. The number of benzene rings is 2. The maximum absolute atomic E-state index is 12.5. The minimum Gasteiger partial charge on any atom is -0.448 e. The molecule has 2 aromatic rings. The van der Waals surface area contributed by atoms with Gasteiger partial charge in [0.2, 0.25) is 5.91 Å². The zero-order chi connectivity index (χ0) is 18.1. The van der Waals surface area contributed by atoms with E-state index in [0.29, 0.717) is 24.1 Å². The second-order valence-electron chi connectivity index (χ2n) is 6.44. The highest BCUT2D eigenvalue weighted by Crippen LogP contribution is 2.24. The summed E-state index contributed by atoms with van der Waals surface area (Å²) in [5.41, 5.74) is 2.74. The Morgan fingerprint density at radius 1 is 1.08 bits per heavy atom. The highest BCUT2D eigenvalue weighted by molar-refractivity contribution is 6.00. The van der Waals surface area contributed by atoms with Crippen LogP contribution in [0.3, 0.4) is 0 Å². The molecule has 1 saturated heterocycles. The molecule has 0 bridgehead atoms. The summed E-state index contributed by atoms with van der Waals surface area (Å²) in [6.45, 7) is 0.724. The molecule has 0 spiro atoms. The fourth-order valence-electron chi connectivity index (χ4n) is 3.35. The normalized spacial score (nSPS) is 19.1. The Morgan fingerprint density at radius 3 is 2.58 bits per heavy atom. The van der Waals surface area contributed by atoms with E-state index in [1.807, 2.05) is 12.1 Å². The topological polar surface area (TPSA) is 75.7 Å². The zero-order valence-corrected chi connectivity index (χ0v) is 14.1. The highest BCUT2D eigenvalue weighted by atomic mass is 16.5. The molecule has 0 aliphatic carbocycles. The number of hydrogen-bond donors (Lipinski definition) is 1. The largest absolute Gasteiger partial charge is 0.448 e. The molecule has 4 rings (SSSR count). The second kappa shape index (κ2) is 6.63. The molecule has 1 atom stereocenters. The number of cyclic esters (lactones) is 1. The van der Waals surface area contributed by atoms with Crippen molar-refractivity contribution in [1.29, 1.82) is 0 Å². The third-order valence-electron chi connectivity index (χ3n) is 4.70. The summed E-state index contributed by atoms with van der Waals surface area (Å²) in [4.78, 5) is 38.0. The SMILES string of the molecule is O=C1OC(C(=O)Nc2ccc(N3CCCC3=O)cc2)Cc2ccccc21. The van der Waals surface area contributed by atoms with E-state index >= 15 is 0 Å². The zero-order valence-electron chi connectivity index (χ0n) is 14.1. The number of ether oxygens (including phenoxy) is 1. The Morgan fingerprint density at radius 2 is 1.85 bits per heavy atom. The van der Waals surface area contributed by atoms with E-state index in [-0.39, 0.29) is 11.8 Å². The smallest absolute Gasteiger partial charge is 0.339 e. The first-order valence-corrected chi connectivity index (χ1v) is 8.62. The fourth-order valence-corrected chi connectivity index (χ4v) is 3.35. The van der Waals surface area contributed by atoms with Crippen LogP contribution in [0.25, 0.3) is 0 Å². The van der Waals surface area contributed by atoms with Crippen LogP contribution in [-0.4, -0.2) is 30.4 Å². The molecule has 2 aliphatic rings. The molecule has 6 nitrogen and oxygen atoms in total. The summed E-state index contributed by atoms with van der Waals surface area (Å²) in [6, 6.07) is 14.2. The number of fused-ring (bicyclic) bond motifs is 1. The Kier molecular flexibility index (Phi) is 4.16. The Balaban J connectivity index is 1.44. The quantitative estimate of drug-likeness (QED) is 0.863. The monoisotopic (exact) mass is 350 g/mol. The predicted octanol–water partition coefficient (Wildman–Crippen LogP) is 2.53. The van der Waals surface area contributed by atoms with Crippen LogP contribution in [-0.2, 0) is 20.7 Å². The maximum Gasteiger partial charge on any atom is 0.339 e. The molecular formula is C20H18N2O4. The number of carbonyl (C=O) groups is 3. The Labute approximate surface area is 150 Å². The molecule has 0 aromatic heterocycles. The number of anilines is 2. The van der Waals surface area contributed by atoms with Crippen molar-refractivity contribution in [3.63, 3.8) is 0 Å². The number of amides is 2. The molecule has 132 valence electrons. The molecule has 1 unspecified atom stereocenters. The molecule has 0 radical (unpaired) electrons. The van der Waals surface area contributed by atoms with Gasteiger partial charge in [0.25, 0.3) is 5.91 Å². The van der Waals surface area contributed by atoms with Gasteiger partial charge in [0.05, 0.1) is 5.56 Å². The van der Waals surface area contributed by atoms with Crippen molar-refractivity contribution < 1.29 is 19.1 Å².